The number of rotatable bonds is 8. The van der Waals surface area contributed by atoms with Gasteiger partial charge in [0.1, 0.15) is 0 Å². The lowest BCUT2D eigenvalue weighted by Gasteiger charge is -2.12. The first-order valence-corrected chi connectivity index (χ1v) is 9.85. The fourth-order valence-corrected chi connectivity index (χ4v) is 3.05. The highest BCUT2D eigenvalue weighted by Crippen LogP contribution is 2.18. The van der Waals surface area contributed by atoms with Gasteiger partial charge >= 0.3 is 0 Å². The molecule has 2 aromatic heterocycles. The number of hydrogen-bond donors (Lipinski definition) is 2. The minimum absolute atomic E-state index is 0.213. The van der Waals surface area contributed by atoms with Gasteiger partial charge in [-0.3, -0.25) is 14.0 Å². The van der Waals surface area contributed by atoms with Gasteiger partial charge in [0.05, 0.1) is 5.52 Å². The van der Waals surface area contributed by atoms with Crippen LogP contribution in [0.15, 0.2) is 48.7 Å². The lowest BCUT2D eigenvalue weighted by molar-refractivity contribution is 0.0942. The molecular formula is C22H27N5O2. The van der Waals surface area contributed by atoms with E-state index in [1.165, 1.54) is 0 Å². The number of nitrogens with zero attached hydrogens (tertiary/aromatic N) is 3. The van der Waals surface area contributed by atoms with E-state index in [0.29, 0.717) is 17.7 Å². The van der Waals surface area contributed by atoms with Crippen molar-refractivity contribution in [3.8, 4) is 0 Å². The van der Waals surface area contributed by atoms with E-state index in [0.717, 1.165) is 24.9 Å². The van der Waals surface area contributed by atoms with Crippen LogP contribution in [0.5, 0.6) is 0 Å². The average Bonchev–Trinajstić information content (AvgIpc) is 3.11. The second kappa shape index (κ2) is 9.23. The van der Waals surface area contributed by atoms with E-state index >= 15 is 0 Å². The van der Waals surface area contributed by atoms with Crippen LogP contribution in [0.4, 0.5) is 11.4 Å². The number of pyridine rings is 1. The Kier molecular flexibility index (Phi) is 6.49. The molecule has 0 aliphatic heterocycles. The Hall–Kier alpha value is -3.35. The minimum atomic E-state index is -0.351. The molecule has 7 nitrogen and oxygen atoms in total. The van der Waals surface area contributed by atoms with Gasteiger partial charge in [-0.1, -0.05) is 25.8 Å². The fraction of sp³-hybridized carbons (Fsp3) is 0.318. The van der Waals surface area contributed by atoms with E-state index in [1.807, 2.05) is 55.4 Å². The third kappa shape index (κ3) is 4.74. The first kappa shape index (κ1) is 20.4. The molecule has 7 heteroatoms. The minimum Gasteiger partial charge on any atom is -0.378 e. The van der Waals surface area contributed by atoms with Crippen LogP contribution in [0.25, 0.3) is 5.52 Å². The van der Waals surface area contributed by atoms with Crippen molar-refractivity contribution in [3.05, 3.63) is 60.2 Å². The first-order chi connectivity index (χ1) is 14.0. The van der Waals surface area contributed by atoms with Crippen molar-refractivity contribution in [1.29, 1.82) is 0 Å². The summed E-state index contributed by atoms with van der Waals surface area (Å²) in [5.41, 5.74) is 2.52. The van der Waals surface area contributed by atoms with E-state index in [9.17, 15) is 9.59 Å². The van der Waals surface area contributed by atoms with Crippen molar-refractivity contribution in [1.82, 2.24) is 14.7 Å². The number of unbranched alkanes of at least 4 members (excludes halogenated alkanes) is 2. The number of amides is 2. The second-order valence-corrected chi connectivity index (χ2v) is 7.10. The Morgan fingerprint density at radius 3 is 2.48 bits per heavy atom. The summed E-state index contributed by atoms with van der Waals surface area (Å²) in [7, 11) is 3.92. The molecule has 0 saturated heterocycles. The summed E-state index contributed by atoms with van der Waals surface area (Å²) in [6, 6.07) is 12.9. The first-order valence-electron chi connectivity index (χ1n) is 9.85. The molecule has 2 heterocycles. The third-order valence-corrected chi connectivity index (χ3v) is 4.67. The fourth-order valence-electron chi connectivity index (χ4n) is 3.05. The van der Waals surface area contributed by atoms with Gasteiger partial charge in [-0.05, 0) is 42.8 Å². The van der Waals surface area contributed by atoms with Crippen molar-refractivity contribution in [2.45, 2.75) is 26.2 Å². The van der Waals surface area contributed by atoms with E-state index < -0.39 is 0 Å². The molecule has 2 amide bonds. The lowest BCUT2D eigenvalue weighted by atomic mass is 10.2. The summed E-state index contributed by atoms with van der Waals surface area (Å²) in [5.74, 6) is -0.418. The van der Waals surface area contributed by atoms with Crippen LogP contribution in [-0.2, 0) is 0 Å². The van der Waals surface area contributed by atoms with E-state index in [4.69, 9.17) is 0 Å². The molecule has 152 valence electrons. The summed E-state index contributed by atoms with van der Waals surface area (Å²) in [4.78, 5) is 31.8. The Morgan fingerprint density at radius 1 is 1.03 bits per heavy atom. The predicted octanol–water partition coefficient (Wildman–Crippen LogP) is 3.57. The maximum absolute atomic E-state index is 12.9. The number of fused-ring (bicyclic) bond motifs is 1. The number of benzene rings is 1. The van der Waals surface area contributed by atoms with Gasteiger partial charge < -0.3 is 15.5 Å². The number of anilines is 2. The highest BCUT2D eigenvalue weighted by molar-refractivity contribution is 6.09. The molecule has 0 atom stereocenters. The molecule has 0 saturated carbocycles. The highest BCUT2D eigenvalue weighted by Gasteiger charge is 2.21. The normalized spacial score (nSPS) is 10.7. The average molecular weight is 393 g/mol. The Bertz CT molecular complexity index is 992. The number of carbonyl (C=O) groups excluding carboxylic acids is 2. The molecule has 0 fully saturated rings. The zero-order valence-corrected chi connectivity index (χ0v) is 17.1. The number of aromatic nitrogens is 2. The molecule has 0 radical (unpaired) electrons. The van der Waals surface area contributed by atoms with Crippen molar-refractivity contribution in [2.75, 3.05) is 30.9 Å². The van der Waals surface area contributed by atoms with Gasteiger partial charge in [-0.15, -0.1) is 0 Å². The second-order valence-electron chi connectivity index (χ2n) is 7.10. The van der Waals surface area contributed by atoms with Crippen LogP contribution in [0.1, 0.15) is 47.3 Å². The zero-order chi connectivity index (χ0) is 20.8. The molecule has 3 aromatic rings. The molecule has 1 aromatic carbocycles. The van der Waals surface area contributed by atoms with Gasteiger partial charge in [0.15, 0.2) is 5.69 Å². The number of carbonyl (C=O) groups is 2. The van der Waals surface area contributed by atoms with E-state index in [2.05, 4.69) is 22.5 Å². The van der Waals surface area contributed by atoms with Crippen LogP contribution >= 0.6 is 0 Å². The summed E-state index contributed by atoms with van der Waals surface area (Å²) in [5, 5.41) is 5.75. The smallest absolute Gasteiger partial charge is 0.287 e. The van der Waals surface area contributed by atoms with Crippen molar-refractivity contribution in [2.24, 2.45) is 0 Å². The number of nitrogens with one attached hydrogen (secondary N) is 2. The van der Waals surface area contributed by atoms with Crippen LogP contribution in [0.2, 0.25) is 0 Å². The van der Waals surface area contributed by atoms with Crippen molar-refractivity contribution in [3.63, 3.8) is 0 Å². The maximum atomic E-state index is 12.9. The summed E-state index contributed by atoms with van der Waals surface area (Å²) in [6.07, 6.45) is 4.80. The SMILES string of the molecule is CCCCCNC(=O)c1nc(C(=O)Nc2ccc(N(C)C)cc2)c2ccccn12. The van der Waals surface area contributed by atoms with Crippen molar-refractivity contribution >= 4 is 28.7 Å². The molecule has 29 heavy (non-hydrogen) atoms. The molecular weight excluding hydrogens is 366 g/mol. The quantitative estimate of drug-likeness (QED) is 0.574. The zero-order valence-electron chi connectivity index (χ0n) is 17.1. The van der Waals surface area contributed by atoms with Gasteiger partial charge in [0.2, 0.25) is 5.82 Å². The molecule has 0 aliphatic rings. The molecule has 0 aliphatic carbocycles. The molecule has 3 rings (SSSR count). The monoisotopic (exact) mass is 393 g/mol. The Balaban J connectivity index is 1.81. The molecule has 0 unspecified atom stereocenters. The number of hydrogen-bond acceptors (Lipinski definition) is 4. The van der Waals surface area contributed by atoms with Gasteiger partial charge in [0, 0.05) is 38.2 Å². The molecule has 2 N–H and O–H groups in total. The van der Waals surface area contributed by atoms with Crippen LogP contribution in [0.3, 0.4) is 0 Å². The van der Waals surface area contributed by atoms with Crippen LogP contribution in [-0.4, -0.2) is 41.8 Å². The van der Waals surface area contributed by atoms with E-state index in [1.54, 1.807) is 16.7 Å². The van der Waals surface area contributed by atoms with Crippen molar-refractivity contribution < 1.29 is 9.59 Å². The predicted molar refractivity (Wildman–Crippen MR) is 116 cm³/mol. The lowest BCUT2D eigenvalue weighted by Crippen LogP contribution is -2.26. The maximum Gasteiger partial charge on any atom is 0.287 e. The number of imidazole rings is 1. The third-order valence-electron chi connectivity index (χ3n) is 4.67. The largest absolute Gasteiger partial charge is 0.378 e. The van der Waals surface area contributed by atoms with Gasteiger partial charge in [-0.2, -0.15) is 0 Å². The van der Waals surface area contributed by atoms with Crippen LogP contribution in [0, 0.1) is 0 Å². The summed E-state index contributed by atoms with van der Waals surface area (Å²) < 4.78 is 1.65. The van der Waals surface area contributed by atoms with Gasteiger partial charge in [0.25, 0.3) is 11.8 Å². The summed E-state index contributed by atoms with van der Waals surface area (Å²) in [6.45, 7) is 2.71. The summed E-state index contributed by atoms with van der Waals surface area (Å²) >= 11 is 0. The molecule has 0 bridgehead atoms. The topological polar surface area (TPSA) is 78.7 Å². The van der Waals surface area contributed by atoms with E-state index in [-0.39, 0.29) is 23.3 Å². The Labute approximate surface area is 170 Å². The Morgan fingerprint density at radius 2 is 1.79 bits per heavy atom. The van der Waals surface area contributed by atoms with Crippen LogP contribution < -0.4 is 15.5 Å². The molecule has 0 spiro atoms. The standard InChI is InChI=1S/C22H27N5O2/c1-4-5-7-14-23-22(29)20-25-19(18-9-6-8-15-27(18)20)21(28)24-16-10-12-17(13-11-16)26(2)3/h6,8-13,15H,4-5,7,14H2,1-3H3,(H,23,29)(H,24,28). The van der Waals surface area contributed by atoms with Gasteiger partial charge in [-0.25, -0.2) is 4.98 Å². The highest BCUT2D eigenvalue weighted by atomic mass is 16.2.